The Morgan fingerprint density at radius 1 is 0.955 bits per heavy atom. The average molecular weight is 300 g/mol. The number of phenolic OH excluding ortho intramolecular Hbond substituents is 1. The van der Waals surface area contributed by atoms with Crippen molar-refractivity contribution in [2.45, 2.75) is 6.61 Å². The van der Waals surface area contributed by atoms with Gasteiger partial charge in [0.05, 0.1) is 20.3 Å². The van der Waals surface area contributed by atoms with Crippen LogP contribution in [0.3, 0.4) is 0 Å². The summed E-state index contributed by atoms with van der Waals surface area (Å²) in [6.07, 6.45) is 3.73. The zero-order valence-corrected chi connectivity index (χ0v) is 12.6. The Bertz CT molecular complexity index is 593. The first-order valence-electron chi connectivity index (χ1n) is 7.06. The molecule has 0 fully saturated rings. The van der Waals surface area contributed by atoms with Gasteiger partial charge < -0.3 is 19.3 Å². The van der Waals surface area contributed by atoms with E-state index in [-0.39, 0.29) is 5.75 Å². The normalized spacial score (nSPS) is 10.8. The summed E-state index contributed by atoms with van der Waals surface area (Å²) >= 11 is 0. The van der Waals surface area contributed by atoms with Crippen LogP contribution in [-0.4, -0.2) is 25.4 Å². The minimum absolute atomic E-state index is 0.0630. The zero-order chi connectivity index (χ0) is 15.6. The standard InChI is InChI=1S/C18H20O4/c1-20-17-11-7-10-16(19)18(17)22-13-6-5-12-21-14-15-8-3-2-4-9-15/h2-11,19H,12-14H2,1H3/b6-5-. The van der Waals surface area contributed by atoms with Gasteiger partial charge >= 0.3 is 0 Å². The second-order valence-electron chi connectivity index (χ2n) is 4.59. The summed E-state index contributed by atoms with van der Waals surface area (Å²) in [6, 6.07) is 15.0. The molecule has 2 aromatic carbocycles. The fourth-order valence-electron chi connectivity index (χ4n) is 1.90. The van der Waals surface area contributed by atoms with Crippen molar-refractivity contribution in [2.75, 3.05) is 20.3 Å². The largest absolute Gasteiger partial charge is 0.504 e. The molecule has 0 aliphatic heterocycles. The molecule has 0 aliphatic carbocycles. The molecule has 0 aromatic heterocycles. The molecule has 1 N–H and O–H groups in total. The van der Waals surface area contributed by atoms with Gasteiger partial charge in [-0.05, 0) is 23.8 Å². The van der Waals surface area contributed by atoms with Gasteiger partial charge in [-0.2, -0.15) is 0 Å². The van der Waals surface area contributed by atoms with Crippen molar-refractivity contribution >= 4 is 0 Å². The highest BCUT2D eigenvalue weighted by atomic mass is 16.5. The molecule has 0 saturated heterocycles. The Balaban J connectivity index is 1.70. The Morgan fingerprint density at radius 3 is 2.50 bits per heavy atom. The van der Waals surface area contributed by atoms with Crippen molar-refractivity contribution in [3.05, 3.63) is 66.2 Å². The number of aromatic hydroxyl groups is 1. The number of hydrogen-bond acceptors (Lipinski definition) is 4. The van der Waals surface area contributed by atoms with Crippen molar-refractivity contribution in [3.63, 3.8) is 0 Å². The fourth-order valence-corrected chi connectivity index (χ4v) is 1.90. The monoisotopic (exact) mass is 300 g/mol. The van der Waals surface area contributed by atoms with E-state index in [0.29, 0.717) is 31.3 Å². The summed E-state index contributed by atoms with van der Waals surface area (Å²) in [5.74, 6) is 0.918. The smallest absolute Gasteiger partial charge is 0.203 e. The van der Waals surface area contributed by atoms with Crippen molar-refractivity contribution in [3.8, 4) is 17.2 Å². The molecule has 0 amide bonds. The second-order valence-corrected chi connectivity index (χ2v) is 4.59. The molecule has 0 unspecified atom stereocenters. The number of para-hydroxylation sites is 1. The Kier molecular flexibility index (Phi) is 6.33. The molecule has 0 radical (unpaired) electrons. The highest BCUT2D eigenvalue weighted by molar-refractivity contribution is 5.50. The number of benzene rings is 2. The van der Waals surface area contributed by atoms with Crippen molar-refractivity contribution in [1.82, 2.24) is 0 Å². The van der Waals surface area contributed by atoms with E-state index in [2.05, 4.69) is 0 Å². The van der Waals surface area contributed by atoms with Gasteiger partial charge in [0.2, 0.25) is 5.75 Å². The lowest BCUT2D eigenvalue weighted by atomic mass is 10.2. The summed E-state index contributed by atoms with van der Waals surface area (Å²) in [7, 11) is 1.54. The van der Waals surface area contributed by atoms with Crippen LogP contribution < -0.4 is 9.47 Å². The maximum absolute atomic E-state index is 9.74. The highest BCUT2D eigenvalue weighted by Gasteiger charge is 2.08. The van der Waals surface area contributed by atoms with Crippen molar-refractivity contribution < 1.29 is 19.3 Å². The molecule has 0 bridgehead atoms. The van der Waals surface area contributed by atoms with Crippen LogP contribution in [0.4, 0.5) is 0 Å². The lowest BCUT2D eigenvalue weighted by Gasteiger charge is -2.10. The van der Waals surface area contributed by atoms with Gasteiger partial charge in [0.1, 0.15) is 6.61 Å². The topological polar surface area (TPSA) is 47.9 Å². The quantitative estimate of drug-likeness (QED) is 0.598. The van der Waals surface area contributed by atoms with Crippen LogP contribution in [0.15, 0.2) is 60.7 Å². The molecule has 0 saturated carbocycles. The molecule has 0 atom stereocenters. The molecular formula is C18H20O4. The van der Waals surface area contributed by atoms with Crippen LogP contribution in [-0.2, 0) is 11.3 Å². The number of hydrogen-bond donors (Lipinski definition) is 1. The van der Waals surface area contributed by atoms with Gasteiger partial charge in [0, 0.05) is 0 Å². The molecule has 116 valence electrons. The van der Waals surface area contributed by atoms with E-state index < -0.39 is 0 Å². The lowest BCUT2D eigenvalue weighted by molar-refractivity contribution is 0.148. The fraction of sp³-hybridized carbons (Fsp3) is 0.222. The minimum atomic E-state index is 0.0630. The van der Waals surface area contributed by atoms with E-state index in [1.165, 1.54) is 7.11 Å². The van der Waals surface area contributed by atoms with Gasteiger partial charge in [0.25, 0.3) is 0 Å². The first-order valence-corrected chi connectivity index (χ1v) is 7.06. The van der Waals surface area contributed by atoms with Crippen LogP contribution >= 0.6 is 0 Å². The molecular weight excluding hydrogens is 280 g/mol. The van der Waals surface area contributed by atoms with Crippen LogP contribution in [0, 0.1) is 0 Å². The Morgan fingerprint density at radius 2 is 1.73 bits per heavy atom. The maximum Gasteiger partial charge on any atom is 0.203 e. The van der Waals surface area contributed by atoms with Gasteiger partial charge in [-0.3, -0.25) is 0 Å². The number of phenols is 1. The second kappa shape index (κ2) is 8.74. The maximum atomic E-state index is 9.74. The van der Waals surface area contributed by atoms with Gasteiger partial charge in [-0.1, -0.05) is 42.5 Å². The molecule has 4 nitrogen and oxygen atoms in total. The van der Waals surface area contributed by atoms with E-state index in [0.717, 1.165) is 5.56 Å². The van der Waals surface area contributed by atoms with E-state index in [1.54, 1.807) is 18.2 Å². The van der Waals surface area contributed by atoms with E-state index in [4.69, 9.17) is 14.2 Å². The van der Waals surface area contributed by atoms with Gasteiger partial charge in [0.15, 0.2) is 11.5 Å². The third kappa shape index (κ3) is 4.82. The first-order chi connectivity index (χ1) is 10.8. The summed E-state index contributed by atoms with van der Waals surface area (Å²) in [4.78, 5) is 0. The Hall–Kier alpha value is -2.46. The van der Waals surface area contributed by atoms with Gasteiger partial charge in [-0.25, -0.2) is 0 Å². The zero-order valence-electron chi connectivity index (χ0n) is 12.6. The summed E-state index contributed by atoms with van der Waals surface area (Å²) in [5, 5.41) is 9.74. The van der Waals surface area contributed by atoms with Crippen molar-refractivity contribution in [2.24, 2.45) is 0 Å². The third-order valence-electron chi connectivity index (χ3n) is 2.99. The minimum Gasteiger partial charge on any atom is -0.504 e. The van der Waals surface area contributed by atoms with Crippen LogP contribution in [0.1, 0.15) is 5.56 Å². The molecule has 2 aromatic rings. The third-order valence-corrected chi connectivity index (χ3v) is 2.99. The van der Waals surface area contributed by atoms with E-state index >= 15 is 0 Å². The molecule has 22 heavy (non-hydrogen) atoms. The Labute approximate surface area is 130 Å². The summed E-state index contributed by atoms with van der Waals surface area (Å²) in [5.41, 5.74) is 1.14. The van der Waals surface area contributed by atoms with Crippen molar-refractivity contribution in [1.29, 1.82) is 0 Å². The first kappa shape index (κ1) is 15.9. The molecule has 4 heteroatoms. The summed E-state index contributed by atoms with van der Waals surface area (Å²) in [6.45, 7) is 1.43. The average Bonchev–Trinajstić information content (AvgIpc) is 2.56. The van der Waals surface area contributed by atoms with E-state index in [9.17, 15) is 5.11 Å². The number of ether oxygens (including phenoxy) is 3. The SMILES string of the molecule is COc1cccc(O)c1OC/C=C\COCc1ccccc1. The number of methoxy groups -OCH3 is 1. The lowest BCUT2D eigenvalue weighted by Crippen LogP contribution is -1.98. The predicted molar refractivity (Wildman–Crippen MR) is 85.4 cm³/mol. The predicted octanol–water partition coefficient (Wildman–Crippen LogP) is 3.55. The van der Waals surface area contributed by atoms with Gasteiger partial charge in [-0.15, -0.1) is 0 Å². The summed E-state index contributed by atoms with van der Waals surface area (Å²) < 4.78 is 16.2. The molecule has 0 heterocycles. The molecule has 2 rings (SSSR count). The highest BCUT2D eigenvalue weighted by Crippen LogP contribution is 2.35. The van der Waals surface area contributed by atoms with Crippen LogP contribution in [0.2, 0.25) is 0 Å². The van der Waals surface area contributed by atoms with E-state index in [1.807, 2.05) is 42.5 Å². The number of rotatable bonds is 8. The van der Waals surface area contributed by atoms with Crippen LogP contribution in [0.5, 0.6) is 17.2 Å². The molecule has 0 aliphatic rings. The molecule has 0 spiro atoms. The van der Waals surface area contributed by atoms with Crippen LogP contribution in [0.25, 0.3) is 0 Å².